The van der Waals surface area contributed by atoms with Gasteiger partial charge in [0.2, 0.25) is 4.77 Å². The molecule has 6 nitrogen and oxygen atoms in total. The summed E-state index contributed by atoms with van der Waals surface area (Å²) in [7, 11) is 0. The maximum Gasteiger partial charge on any atom is 0.309 e. The van der Waals surface area contributed by atoms with E-state index in [9.17, 15) is 4.79 Å². The standard InChI is InChI=1S/C19H26N4O2S/c1-4-25-18(24)16-7-9-21(10-8-16)13-23-19(26)22(12-20-23)17-11-14(2)5-6-15(17)3/h5-6,11-12,16H,4,7-10,13H2,1-3H3. The van der Waals surface area contributed by atoms with Gasteiger partial charge in [0.05, 0.1) is 24.9 Å². The van der Waals surface area contributed by atoms with E-state index in [1.807, 2.05) is 16.2 Å². The van der Waals surface area contributed by atoms with Crippen molar-refractivity contribution in [1.82, 2.24) is 19.2 Å². The van der Waals surface area contributed by atoms with Crippen LogP contribution >= 0.6 is 12.2 Å². The van der Waals surface area contributed by atoms with E-state index in [2.05, 4.69) is 42.0 Å². The number of ether oxygens (including phenoxy) is 1. The van der Waals surface area contributed by atoms with Crippen molar-refractivity contribution in [3.63, 3.8) is 0 Å². The van der Waals surface area contributed by atoms with Gasteiger partial charge in [-0.15, -0.1) is 0 Å². The number of aromatic nitrogens is 3. The zero-order valence-corrected chi connectivity index (χ0v) is 16.5. The zero-order valence-electron chi connectivity index (χ0n) is 15.6. The van der Waals surface area contributed by atoms with E-state index in [1.54, 1.807) is 6.33 Å². The Kier molecular flexibility index (Phi) is 5.88. The molecule has 1 aliphatic rings. The first-order valence-corrected chi connectivity index (χ1v) is 9.51. The van der Waals surface area contributed by atoms with Crippen molar-refractivity contribution in [2.45, 2.75) is 40.3 Å². The van der Waals surface area contributed by atoms with Crippen LogP contribution in [0.25, 0.3) is 5.69 Å². The average molecular weight is 375 g/mol. The Morgan fingerprint density at radius 2 is 2.04 bits per heavy atom. The number of aryl methyl sites for hydroxylation is 2. The molecule has 140 valence electrons. The van der Waals surface area contributed by atoms with Crippen molar-refractivity contribution < 1.29 is 9.53 Å². The predicted octanol–water partition coefficient (Wildman–Crippen LogP) is 3.25. The lowest BCUT2D eigenvalue weighted by molar-refractivity contribution is -0.149. The second kappa shape index (κ2) is 8.14. The third-order valence-electron chi connectivity index (χ3n) is 4.90. The van der Waals surface area contributed by atoms with E-state index in [0.717, 1.165) is 31.6 Å². The molecule has 26 heavy (non-hydrogen) atoms. The molecule has 0 spiro atoms. The molecule has 1 aromatic carbocycles. The molecule has 0 amide bonds. The van der Waals surface area contributed by atoms with Crippen LogP contribution in [0.2, 0.25) is 0 Å². The number of carbonyl (C=O) groups is 1. The summed E-state index contributed by atoms with van der Waals surface area (Å²) < 4.78 is 9.63. The lowest BCUT2D eigenvalue weighted by Crippen LogP contribution is -2.38. The minimum absolute atomic E-state index is 0.0201. The molecule has 2 aromatic rings. The number of piperidine rings is 1. The van der Waals surface area contributed by atoms with Gasteiger partial charge in [-0.05, 0) is 63.0 Å². The Morgan fingerprint density at radius 1 is 1.31 bits per heavy atom. The maximum absolute atomic E-state index is 11.9. The largest absolute Gasteiger partial charge is 0.466 e. The number of benzene rings is 1. The highest BCUT2D eigenvalue weighted by Gasteiger charge is 2.26. The molecule has 1 fully saturated rings. The number of esters is 1. The monoisotopic (exact) mass is 374 g/mol. The molecule has 7 heteroatoms. The van der Waals surface area contributed by atoms with Crippen LogP contribution < -0.4 is 0 Å². The Balaban J connectivity index is 1.67. The van der Waals surface area contributed by atoms with E-state index in [1.165, 1.54) is 11.1 Å². The molecule has 0 radical (unpaired) electrons. The van der Waals surface area contributed by atoms with Gasteiger partial charge in [0.15, 0.2) is 0 Å². The van der Waals surface area contributed by atoms with Gasteiger partial charge in [-0.2, -0.15) is 5.10 Å². The van der Waals surface area contributed by atoms with Crippen molar-refractivity contribution in [2.24, 2.45) is 5.92 Å². The molecule has 0 unspecified atom stereocenters. The number of likely N-dealkylation sites (tertiary alicyclic amines) is 1. The van der Waals surface area contributed by atoms with E-state index in [4.69, 9.17) is 17.0 Å². The van der Waals surface area contributed by atoms with E-state index in [-0.39, 0.29) is 11.9 Å². The SMILES string of the molecule is CCOC(=O)C1CCN(Cn2ncn(-c3cc(C)ccc3C)c2=S)CC1. The fourth-order valence-corrected chi connectivity index (χ4v) is 3.59. The summed E-state index contributed by atoms with van der Waals surface area (Å²) >= 11 is 5.64. The molecule has 2 heterocycles. The maximum atomic E-state index is 11.9. The summed E-state index contributed by atoms with van der Waals surface area (Å²) in [5.74, 6) is -0.0466. The molecule has 1 aromatic heterocycles. The van der Waals surface area contributed by atoms with Crippen LogP contribution in [0.4, 0.5) is 0 Å². The van der Waals surface area contributed by atoms with Gasteiger partial charge in [-0.3, -0.25) is 14.3 Å². The quantitative estimate of drug-likeness (QED) is 0.594. The van der Waals surface area contributed by atoms with Crippen LogP contribution in [0.1, 0.15) is 30.9 Å². The van der Waals surface area contributed by atoms with Crippen LogP contribution in [0, 0.1) is 24.5 Å². The average Bonchev–Trinajstić information content (AvgIpc) is 2.98. The smallest absolute Gasteiger partial charge is 0.309 e. The van der Waals surface area contributed by atoms with Gasteiger partial charge in [-0.1, -0.05) is 12.1 Å². The zero-order chi connectivity index (χ0) is 18.7. The normalized spacial score (nSPS) is 16.0. The lowest BCUT2D eigenvalue weighted by atomic mass is 9.97. The summed E-state index contributed by atoms with van der Waals surface area (Å²) in [6.45, 7) is 8.79. The summed E-state index contributed by atoms with van der Waals surface area (Å²) in [5, 5.41) is 4.48. The number of carbonyl (C=O) groups excluding carboxylic acids is 1. The molecule has 1 aliphatic heterocycles. The van der Waals surface area contributed by atoms with E-state index in [0.29, 0.717) is 18.0 Å². The van der Waals surface area contributed by atoms with E-state index < -0.39 is 0 Å². The van der Waals surface area contributed by atoms with Crippen molar-refractivity contribution in [2.75, 3.05) is 19.7 Å². The first-order valence-electron chi connectivity index (χ1n) is 9.10. The van der Waals surface area contributed by atoms with Gasteiger partial charge >= 0.3 is 5.97 Å². The van der Waals surface area contributed by atoms with Crippen molar-refractivity contribution in [3.05, 3.63) is 40.4 Å². The van der Waals surface area contributed by atoms with Gasteiger partial charge in [0.25, 0.3) is 0 Å². The minimum Gasteiger partial charge on any atom is -0.466 e. The van der Waals surface area contributed by atoms with Gasteiger partial charge < -0.3 is 4.74 Å². The molecule has 0 aliphatic carbocycles. The summed E-state index contributed by atoms with van der Waals surface area (Å²) in [6, 6.07) is 6.33. The summed E-state index contributed by atoms with van der Waals surface area (Å²) in [5.41, 5.74) is 3.44. The van der Waals surface area contributed by atoms with Gasteiger partial charge in [0.1, 0.15) is 6.33 Å². The van der Waals surface area contributed by atoms with Crippen molar-refractivity contribution in [3.8, 4) is 5.69 Å². The third kappa shape index (κ3) is 4.04. The van der Waals surface area contributed by atoms with Gasteiger partial charge in [0, 0.05) is 13.1 Å². The van der Waals surface area contributed by atoms with Crippen molar-refractivity contribution in [1.29, 1.82) is 0 Å². The predicted molar refractivity (Wildman–Crippen MR) is 103 cm³/mol. The van der Waals surface area contributed by atoms with Crippen LogP contribution in [0.3, 0.4) is 0 Å². The number of hydrogen-bond acceptors (Lipinski definition) is 5. The summed E-state index contributed by atoms with van der Waals surface area (Å²) in [6.07, 6.45) is 3.43. The topological polar surface area (TPSA) is 52.3 Å². The van der Waals surface area contributed by atoms with E-state index >= 15 is 0 Å². The Morgan fingerprint density at radius 3 is 2.73 bits per heavy atom. The van der Waals surface area contributed by atoms with Crippen LogP contribution in [0.15, 0.2) is 24.5 Å². The first-order chi connectivity index (χ1) is 12.5. The minimum atomic E-state index is -0.0667. The summed E-state index contributed by atoms with van der Waals surface area (Å²) in [4.78, 5) is 14.1. The Bertz CT molecular complexity index is 834. The molecule has 0 N–H and O–H groups in total. The molecule has 0 bridgehead atoms. The van der Waals surface area contributed by atoms with Crippen LogP contribution in [-0.2, 0) is 16.2 Å². The second-order valence-corrected chi connectivity index (χ2v) is 7.22. The second-order valence-electron chi connectivity index (χ2n) is 6.86. The Labute approximate surface area is 159 Å². The van der Waals surface area contributed by atoms with Crippen LogP contribution in [0.5, 0.6) is 0 Å². The number of hydrogen-bond donors (Lipinski definition) is 0. The molecule has 1 saturated heterocycles. The molecule has 3 rings (SSSR count). The van der Waals surface area contributed by atoms with Crippen LogP contribution in [-0.4, -0.2) is 44.9 Å². The van der Waals surface area contributed by atoms with Crippen molar-refractivity contribution >= 4 is 18.2 Å². The highest BCUT2D eigenvalue weighted by molar-refractivity contribution is 7.71. The van der Waals surface area contributed by atoms with Gasteiger partial charge in [-0.25, -0.2) is 4.68 Å². The Hall–Kier alpha value is -1.99. The first kappa shape index (κ1) is 18.8. The molecule has 0 atom stereocenters. The fraction of sp³-hybridized carbons (Fsp3) is 0.526. The number of nitrogens with zero attached hydrogens (tertiary/aromatic N) is 4. The highest BCUT2D eigenvalue weighted by atomic mass is 32.1. The molecular formula is C19H26N4O2S. The highest BCUT2D eigenvalue weighted by Crippen LogP contribution is 2.20. The fourth-order valence-electron chi connectivity index (χ4n) is 3.34. The molecular weight excluding hydrogens is 348 g/mol. The number of rotatable bonds is 5. The molecule has 0 saturated carbocycles. The third-order valence-corrected chi connectivity index (χ3v) is 5.31. The lowest BCUT2D eigenvalue weighted by Gasteiger charge is -2.30.